The third kappa shape index (κ3) is 2.74. The largest absolute Gasteiger partial charge is 0.276 e. The molecule has 4 nitrogen and oxygen atoms in total. The lowest BCUT2D eigenvalue weighted by Crippen LogP contribution is -2.45. The van der Waals surface area contributed by atoms with Gasteiger partial charge in [-0.05, 0) is 66.6 Å². The summed E-state index contributed by atoms with van der Waals surface area (Å²) < 4.78 is 0. The molecule has 2 aliphatic heterocycles. The molecule has 2 fully saturated rings. The van der Waals surface area contributed by atoms with Crippen molar-refractivity contribution in [3.05, 3.63) is 58.1 Å². The molecule has 0 unspecified atom stereocenters. The van der Waals surface area contributed by atoms with Crippen molar-refractivity contribution in [3.8, 4) is 11.1 Å². The maximum atomic E-state index is 13.1. The molecule has 2 amide bonds. The highest BCUT2D eigenvalue weighted by Crippen LogP contribution is 2.44. The molecule has 4 rings (SSSR count). The van der Waals surface area contributed by atoms with Crippen LogP contribution < -0.4 is 0 Å². The third-order valence-corrected chi connectivity index (χ3v) is 6.16. The van der Waals surface area contributed by atoms with Crippen LogP contribution in [0.1, 0.15) is 29.5 Å². The van der Waals surface area contributed by atoms with Gasteiger partial charge in [0, 0.05) is 18.1 Å². The van der Waals surface area contributed by atoms with Crippen molar-refractivity contribution in [2.24, 2.45) is 0 Å². The van der Waals surface area contributed by atoms with Crippen LogP contribution in [0.25, 0.3) is 11.1 Å². The van der Waals surface area contributed by atoms with Crippen LogP contribution in [0, 0.1) is 13.8 Å². The van der Waals surface area contributed by atoms with Gasteiger partial charge in [-0.2, -0.15) is 0 Å². The van der Waals surface area contributed by atoms with Crippen molar-refractivity contribution in [2.45, 2.75) is 31.6 Å². The molecule has 2 heterocycles. The topological polar surface area (TPSA) is 40.6 Å². The molecule has 0 atom stereocenters. The summed E-state index contributed by atoms with van der Waals surface area (Å²) in [6.07, 6.45) is 1.77. The molecule has 0 aliphatic carbocycles. The molecule has 6 heteroatoms. The number of rotatable bonds is 2. The number of hydrogen-bond acceptors (Lipinski definition) is 2. The molecule has 2 saturated heterocycles. The van der Waals surface area contributed by atoms with Gasteiger partial charge in [-0.15, -0.1) is 0 Å². The molecule has 27 heavy (non-hydrogen) atoms. The maximum absolute atomic E-state index is 13.1. The molecular weight excluding hydrogens is 383 g/mol. The number of carbonyl (C=O) groups excluding carboxylic acids is 2. The van der Waals surface area contributed by atoms with E-state index in [1.165, 1.54) is 10.0 Å². The van der Waals surface area contributed by atoms with Gasteiger partial charge >= 0.3 is 0 Å². The predicted octanol–water partition coefficient (Wildman–Crippen LogP) is 4.44. The summed E-state index contributed by atoms with van der Waals surface area (Å²) in [5, 5.41) is 3.71. The zero-order chi connectivity index (χ0) is 19.3. The Kier molecular flexibility index (Phi) is 4.44. The maximum Gasteiger partial charge on any atom is 0.276 e. The lowest BCUT2D eigenvalue weighted by molar-refractivity contribution is -0.150. The lowest BCUT2D eigenvalue weighted by atomic mass is 9.86. The number of nitrogens with zero attached hydrogens (tertiary/aromatic N) is 2. The van der Waals surface area contributed by atoms with E-state index >= 15 is 0 Å². The predicted molar refractivity (Wildman–Crippen MR) is 107 cm³/mol. The second-order valence-electron chi connectivity index (χ2n) is 7.21. The van der Waals surface area contributed by atoms with Crippen LogP contribution in [0.4, 0.5) is 0 Å². The summed E-state index contributed by atoms with van der Waals surface area (Å²) in [4.78, 5) is 24.5. The monoisotopic (exact) mass is 402 g/mol. The smallest absolute Gasteiger partial charge is 0.270 e. The zero-order valence-corrected chi connectivity index (χ0v) is 16.8. The quantitative estimate of drug-likeness (QED) is 0.550. The molecule has 140 valence electrons. The SMILES string of the molecule is Cc1cc(-c2ccc(Cl)cc2)cc(C)c1C1(Cl)C(=O)N2CCCCN2C1=O. The molecule has 0 saturated carbocycles. The van der Waals surface area contributed by atoms with Crippen LogP contribution in [-0.2, 0) is 14.5 Å². The van der Waals surface area contributed by atoms with Crippen molar-refractivity contribution in [2.75, 3.05) is 13.1 Å². The first-order valence-electron chi connectivity index (χ1n) is 9.04. The van der Waals surface area contributed by atoms with Crippen molar-refractivity contribution in [1.82, 2.24) is 10.0 Å². The summed E-state index contributed by atoms with van der Waals surface area (Å²) in [6, 6.07) is 11.5. The highest BCUT2D eigenvalue weighted by atomic mass is 35.5. The Morgan fingerprint density at radius 2 is 1.33 bits per heavy atom. The molecule has 0 radical (unpaired) electrons. The van der Waals surface area contributed by atoms with Crippen molar-refractivity contribution < 1.29 is 9.59 Å². The van der Waals surface area contributed by atoms with E-state index in [1.807, 2.05) is 50.2 Å². The average Bonchev–Trinajstić information content (AvgIpc) is 2.84. The van der Waals surface area contributed by atoms with Crippen LogP contribution >= 0.6 is 23.2 Å². The van der Waals surface area contributed by atoms with Gasteiger partial charge in [0.1, 0.15) is 0 Å². The van der Waals surface area contributed by atoms with Gasteiger partial charge in [0.15, 0.2) is 0 Å². The first kappa shape index (κ1) is 18.3. The van der Waals surface area contributed by atoms with E-state index in [0.29, 0.717) is 23.7 Å². The van der Waals surface area contributed by atoms with Crippen molar-refractivity contribution in [1.29, 1.82) is 0 Å². The first-order valence-corrected chi connectivity index (χ1v) is 9.80. The van der Waals surface area contributed by atoms with Crippen LogP contribution in [0.2, 0.25) is 5.02 Å². The molecule has 2 aromatic rings. The number of halogens is 2. The summed E-state index contributed by atoms with van der Waals surface area (Å²) >= 11 is 12.8. The fourth-order valence-corrected chi connectivity index (χ4v) is 4.78. The minimum atomic E-state index is -1.67. The van der Waals surface area contributed by atoms with Gasteiger partial charge in [-0.1, -0.05) is 47.5 Å². The molecule has 0 spiro atoms. The molecule has 0 bridgehead atoms. The second kappa shape index (κ2) is 6.54. The van der Waals surface area contributed by atoms with E-state index in [4.69, 9.17) is 23.2 Å². The number of aryl methyl sites for hydroxylation is 2. The van der Waals surface area contributed by atoms with Gasteiger partial charge in [0.25, 0.3) is 11.8 Å². The minimum absolute atomic E-state index is 0.334. The molecule has 2 aromatic carbocycles. The van der Waals surface area contributed by atoms with E-state index in [2.05, 4.69) is 0 Å². The highest BCUT2D eigenvalue weighted by molar-refractivity contribution is 6.47. The third-order valence-electron chi connectivity index (χ3n) is 5.39. The highest BCUT2D eigenvalue weighted by Gasteiger charge is 2.60. The number of fused-ring (bicyclic) bond motifs is 1. The Bertz CT molecular complexity index is 893. The average molecular weight is 403 g/mol. The minimum Gasteiger partial charge on any atom is -0.270 e. The van der Waals surface area contributed by atoms with Crippen molar-refractivity contribution in [3.63, 3.8) is 0 Å². The molecule has 2 aliphatic rings. The van der Waals surface area contributed by atoms with Crippen LogP contribution in [0.3, 0.4) is 0 Å². The summed E-state index contributed by atoms with van der Waals surface area (Å²) in [5.41, 5.74) is 4.29. The molecule has 0 N–H and O–H groups in total. The number of benzene rings is 2. The fraction of sp³-hybridized carbons (Fsp3) is 0.333. The van der Waals surface area contributed by atoms with E-state index in [-0.39, 0.29) is 11.8 Å². The van der Waals surface area contributed by atoms with E-state index < -0.39 is 4.87 Å². The summed E-state index contributed by atoms with van der Waals surface area (Å²) in [7, 11) is 0. The van der Waals surface area contributed by atoms with Crippen LogP contribution in [0.5, 0.6) is 0 Å². The Morgan fingerprint density at radius 1 is 0.852 bits per heavy atom. The Labute approximate surface area is 168 Å². The van der Waals surface area contributed by atoms with Crippen molar-refractivity contribution >= 4 is 35.0 Å². The lowest BCUT2D eigenvalue weighted by Gasteiger charge is -2.31. The Morgan fingerprint density at radius 3 is 1.81 bits per heavy atom. The second-order valence-corrected chi connectivity index (χ2v) is 8.22. The van der Waals surface area contributed by atoms with Gasteiger partial charge in [0.05, 0.1) is 0 Å². The first-order chi connectivity index (χ1) is 12.8. The molecular formula is C21H20Cl2N2O2. The van der Waals surface area contributed by atoms with Gasteiger partial charge < -0.3 is 0 Å². The summed E-state index contributed by atoms with van der Waals surface area (Å²) in [5.74, 6) is -0.668. The number of hydrazine groups is 1. The number of hydrogen-bond donors (Lipinski definition) is 0. The molecule has 0 aromatic heterocycles. The standard InChI is InChI=1S/C21H20Cl2N2O2/c1-13-11-16(15-5-7-17(22)8-6-15)12-14(2)18(13)21(23)19(26)24-9-3-4-10-25(24)20(21)27/h5-8,11-12H,3-4,9-10H2,1-2H3. The number of alkyl halides is 1. The number of carbonyl (C=O) groups is 2. The van der Waals surface area contributed by atoms with E-state index in [9.17, 15) is 9.59 Å². The van der Waals surface area contributed by atoms with Crippen LogP contribution in [0.15, 0.2) is 36.4 Å². The number of amides is 2. The van der Waals surface area contributed by atoms with Gasteiger partial charge in [0.2, 0.25) is 4.87 Å². The van der Waals surface area contributed by atoms with E-state index in [0.717, 1.165) is 35.1 Å². The van der Waals surface area contributed by atoms with E-state index in [1.54, 1.807) is 0 Å². The Balaban J connectivity index is 1.81. The van der Waals surface area contributed by atoms with Crippen LogP contribution in [-0.4, -0.2) is 34.9 Å². The fourth-order valence-electron chi connectivity index (χ4n) is 4.16. The Hall–Kier alpha value is -2.04. The normalized spacial score (nSPS) is 18.8. The zero-order valence-electron chi connectivity index (χ0n) is 15.3. The summed E-state index contributed by atoms with van der Waals surface area (Å²) in [6.45, 7) is 4.89. The van der Waals surface area contributed by atoms with Gasteiger partial charge in [-0.25, -0.2) is 10.0 Å². The van der Waals surface area contributed by atoms with Gasteiger partial charge in [-0.3, -0.25) is 9.59 Å².